The van der Waals surface area contributed by atoms with Gasteiger partial charge >= 0.3 is 11.9 Å². The van der Waals surface area contributed by atoms with Gasteiger partial charge in [-0.3, -0.25) is 9.59 Å². The number of hydrogen-bond donors (Lipinski definition) is 0. The SMILES string of the molecule is CC(=O)Oc1cccc(-c2nnco2)c1OC(C)=O. The Bertz CT molecular complexity index is 607. The van der Waals surface area contributed by atoms with E-state index in [1.54, 1.807) is 12.1 Å². The quantitative estimate of drug-likeness (QED) is 0.612. The maximum absolute atomic E-state index is 11.1. The summed E-state index contributed by atoms with van der Waals surface area (Å²) in [5.74, 6) is -0.755. The molecule has 1 aromatic carbocycles. The van der Waals surface area contributed by atoms with Gasteiger partial charge < -0.3 is 13.9 Å². The molecule has 0 bridgehead atoms. The van der Waals surface area contributed by atoms with Crippen molar-refractivity contribution in [1.29, 1.82) is 0 Å². The number of rotatable bonds is 3. The van der Waals surface area contributed by atoms with E-state index < -0.39 is 11.9 Å². The molecule has 0 saturated carbocycles. The predicted octanol–water partition coefficient (Wildman–Crippen LogP) is 1.59. The number of hydrogen-bond acceptors (Lipinski definition) is 7. The lowest BCUT2D eigenvalue weighted by atomic mass is 10.2. The lowest BCUT2D eigenvalue weighted by molar-refractivity contribution is -0.134. The highest BCUT2D eigenvalue weighted by molar-refractivity contribution is 5.79. The molecule has 7 nitrogen and oxygen atoms in total. The van der Waals surface area contributed by atoms with E-state index in [1.165, 1.54) is 19.9 Å². The van der Waals surface area contributed by atoms with Crippen LogP contribution in [0.15, 0.2) is 29.0 Å². The molecular formula is C12H10N2O5. The van der Waals surface area contributed by atoms with Gasteiger partial charge in [-0.25, -0.2) is 0 Å². The average Bonchev–Trinajstić information content (AvgIpc) is 2.83. The maximum Gasteiger partial charge on any atom is 0.308 e. The Morgan fingerprint density at radius 2 is 1.89 bits per heavy atom. The number of carbonyl (C=O) groups excluding carboxylic acids is 2. The van der Waals surface area contributed by atoms with Crippen LogP contribution in [0.1, 0.15) is 13.8 Å². The minimum Gasteiger partial charge on any atom is -0.423 e. The van der Waals surface area contributed by atoms with Gasteiger partial charge in [0.15, 0.2) is 11.5 Å². The Hall–Kier alpha value is -2.70. The van der Waals surface area contributed by atoms with Crippen molar-refractivity contribution >= 4 is 11.9 Å². The van der Waals surface area contributed by atoms with Gasteiger partial charge in [-0.2, -0.15) is 0 Å². The molecule has 7 heteroatoms. The fourth-order valence-corrected chi connectivity index (χ4v) is 1.46. The largest absolute Gasteiger partial charge is 0.423 e. The molecule has 0 fully saturated rings. The summed E-state index contributed by atoms with van der Waals surface area (Å²) < 4.78 is 15.1. The van der Waals surface area contributed by atoms with Crippen molar-refractivity contribution in [2.45, 2.75) is 13.8 Å². The number of aromatic nitrogens is 2. The fraction of sp³-hybridized carbons (Fsp3) is 0.167. The molecule has 0 spiro atoms. The van der Waals surface area contributed by atoms with E-state index in [0.717, 1.165) is 6.39 Å². The Morgan fingerprint density at radius 3 is 2.47 bits per heavy atom. The lowest BCUT2D eigenvalue weighted by Gasteiger charge is -2.10. The molecule has 0 saturated heterocycles. The van der Waals surface area contributed by atoms with E-state index >= 15 is 0 Å². The molecule has 0 atom stereocenters. The Kier molecular flexibility index (Phi) is 3.56. The summed E-state index contributed by atoms with van der Waals surface area (Å²) in [5, 5.41) is 7.27. The minimum atomic E-state index is -0.555. The standard InChI is InChI=1S/C12H10N2O5/c1-7(15)18-10-5-3-4-9(11(10)19-8(2)16)12-14-13-6-17-12/h3-6H,1-2H3. The number of para-hydroxylation sites is 1. The van der Waals surface area contributed by atoms with E-state index in [2.05, 4.69) is 10.2 Å². The number of benzene rings is 1. The van der Waals surface area contributed by atoms with Gasteiger partial charge in [0.1, 0.15) is 0 Å². The summed E-state index contributed by atoms with van der Waals surface area (Å²) in [6, 6.07) is 4.73. The number of esters is 2. The number of carbonyl (C=O) groups is 2. The first kappa shape index (κ1) is 12.7. The van der Waals surface area contributed by atoms with Crippen LogP contribution in [0.2, 0.25) is 0 Å². The van der Waals surface area contributed by atoms with Crippen LogP contribution >= 0.6 is 0 Å². The van der Waals surface area contributed by atoms with Gasteiger partial charge in [-0.05, 0) is 12.1 Å². The second-order valence-electron chi connectivity index (χ2n) is 3.56. The van der Waals surface area contributed by atoms with Gasteiger partial charge in [0.2, 0.25) is 6.39 Å². The highest BCUT2D eigenvalue weighted by atomic mass is 16.6. The van der Waals surface area contributed by atoms with Gasteiger partial charge in [0.05, 0.1) is 5.56 Å². The monoisotopic (exact) mass is 262 g/mol. The molecule has 2 aromatic rings. The van der Waals surface area contributed by atoms with E-state index in [9.17, 15) is 9.59 Å². The zero-order chi connectivity index (χ0) is 13.8. The summed E-state index contributed by atoms with van der Waals surface area (Å²) in [6.07, 6.45) is 1.14. The fourth-order valence-electron chi connectivity index (χ4n) is 1.46. The average molecular weight is 262 g/mol. The van der Waals surface area contributed by atoms with Crippen molar-refractivity contribution in [2.75, 3.05) is 0 Å². The van der Waals surface area contributed by atoms with Gasteiger partial charge in [0.25, 0.3) is 5.89 Å². The molecule has 0 aliphatic heterocycles. The van der Waals surface area contributed by atoms with E-state index in [-0.39, 0.29) is 17.4 Å². The molecule has 0 aliphatic carbocycles. The second kappa shape index (κ2) is 5.30. The van der Waals surface area contributed by atoms with E-state index in [0.29, 0.717) is 5.56 Å². The molecule has 98 valence electrons. The molecule has 0 radical (unpaired) electrons. The van der Waals surface area contributed by atoms with Crippen LogP contribution in [0.5, 0.6) is 11.5 Å². The van der Waals surface area contributed by atoms with Crippen molar-refractivity contribution in [2.24, 2.45) is 0 Å². The van der Waals surface area contributed by atoms with Crippen molar-refractivity contribution in [1.82, 2.24) is 10.2 Å². The van der Waals surface area contributed by atoms with Crippen molar-refractivity contribution < 1.29 is 23.5 Å². The molecule has 0 N–H and O–H groups in total. The van der Waals surface area contributed by atoms with Crippen LogP contribution in [0, 0.1) is 0 Å². The predicted molar refractivity (Wildman–Crippen MR) is 62.4 cm³/mol. The Balaban J connectivity index is 2.53. The van der Waals surface area contributed by atoms with Crippen LogP contribution in [0.3, 0.4) is 0 Å². The topological polar surface area (TPSA) is 91.5 Å². The third-order valence-electron chi connectivity index (χ3n) is 2.07. The van der Waals surface area contributed by atoms with E-state index in [4.69, 9.17) is 13.9 Å². The summed E-state index contributed by atoms with van der Waals surface area (Å²) in [4.78, 5) is 22.2. The lowest BCUT2D eigenvalue weighted by Crippen LogP contribution is -2.08. The highest BCUT2D eigenvalue weighted by Gasteiger charge is 2.19. The summed E-state index contributed by atoms with van der Waals surface area (Å²) >= 11 is 0. The Labute approximate surface area is 108 Å². The van der Waals surface area contributed by atoms with Gasteiger partial charge in [-0.1, -0.05) is 6.07 Å². The molecule has 1 heterocycles. The zero-order valence-electron chi connectivity index (χ0n) is 10.2. The first-order chi connectivity index (χ1) is 9.08. The maximum atomic E-state index is 11.1. The van der Waals surface area contributed by atoms with Crippen molar-refractivity contribution in [3.63, 3.8) is 0 Å². The second-order valence-corrected chi connectivity index (χ2v) is 3.56. The van der Waals surface area contributed by atoms with Crippen LogP contribution in [0.4, 0.5) is 0 Å². The number of nitrogens with zero attached hydrogens (tertiary/aromatic N) is 2. The van der Waals surface area contributed by atoms with Crippen LogP contribution < -0.4 is 9.47 Å². The Morgan fingerprint density at radius 1 is 1.16 bits per heavy atom. The first-order valence-corrected chi connectivity index (χ1v) is 5.34. The van der Waals surface area contributed by atoms with Crippen LogP contribution in [-0.4, -0.2) is 22.1 Å². The molecule has 19 heavy (non-hydrogen) atoms. The zero-order valence-corrected chi connectivity index (χ0v) is 10.2. The van der Waals surface area contributed by atoms with Gasteiger partial charge in [-0.15, -0.1) is 10.2 Å². The molecule has 2 rings (SSSR count). The summed E-state index contributed by atoms with van der Waals surface area (Å²) in [7, 11) is 0. The van der Waals surface area contributed by atoms with Crippen LogP contribution in [0.25, 0.3) is 11.5 Å². The third kappa shape index (κ3) is 2.95. The molecule has 1 aromatic heterocycles. The normalized spacial score (nSPS) is 10.0. The molecule has 0 aliphatic rings. The first-order valence-electron chi connectivity index (χ1n) is 5.34. The highest BCUT2D eigenvalue weighted by Crippen LogP contribution is 2.37. The smallest absolute Gasteiger partial charge is 0.308 e. The van der Waals surface area contributed by atoms with Gasteiger partial charge in [0, 0.05) is 13.8 Å². The van der Waals surface area contributed by atoms with E-state index in [1.807, 2.05) is 0 Å². The number of ether oxygens (including phenoxy) is 2. The van der Waals surface area contributed by atoms with Crippen molar-refractivity contribution in [3.8, 4) is 23.0 Å². The molecule has 0 unspecified atom stereocenters. The summed E-state index contributed by atoms with van der Waals surface area (Å²) in [6.45, 7) is 2.49. The third-order valence-corrected chi connectivity index (χ3v) is 2.07. The summed E-state index contributed by atoms with van der Waals surface area (Å²) in [5.41, 5.74) is 0.367. The van der Waals surface area contributed by atoms with Crippen molar-refractivity contribution in [3.05, 3.63) is 24.6 Å². The molecular weight excluding hydrogens is 252 g/mol. The van der Waals surface area contributed by atoms with Crippen LogP contribution in [-0.2, 0) is 9.59 Å². The molecule has 0 amide bonds. The minimum absolute atomic E-state index is 0.0643.